The number of alkyl halides is 2. The van der Waals surface area contributed by atoms with Crippen molar-refractivity contribution in [1.82, 2.24) is 4.98 Å². The van der Waals surface area contributed by atoms with E-state index in [0.29, 0.717) is 0 Å². The van der Waals surface area contributed by atoms with E-state index >= 15 is 0 Å². The van der Waals surface area contributed by atoms with Crippen LogP contribution in [0.5, 0.6) is 0 Å². The van der Waals surface area contributed by atoms with Gasteiger partial charge in [0.05, 0.1) is 5.69 Å². The van der Waals surface area contributed by atoms with Gasteiger partial charge in [-0.05, 0) is 11.6 Å². The van der Waals surface area contributed by atoms with Gasteiger partial charge in [-0.25, -0.2) is 13.6 Å². The Kier molecular flexibility index (Phi) is 3.15. The van der Waals surface area contributed by atoms with Gasteiger partial charge in [0.25, 0.3) is 12.0 Å². The van der Waals surface area contributed by atoms with Crippen molar-refractivity contribution < 1.29 is 18.7 Å². The summed E-state index contributed by atoms with van der Waals surface area (Å²) in [6.45, 7) is -0.267. The second-order valence-corrected chi connectivity index (χ2v) is 2.76. The van der Waals surface area contributed by atoms with Crippen molar-refractivity contribution in [2.24, 2.45) is 5.73 Å². The average molecular weight is 218 g/mol. The fraction of sp³-hybridized carbons (Fsp3) is 0.250. The van der Waals surface area contributed by atoms with E-state index in [1.54, 1.807) is 0 Å². The number of H-pyrrole nitrogens is 1. The molecule has 0 fully saturated rings. The molecule has 0 aliphatic carbocycles. The van der Waals surface area contributed by atoms with Crippen LogP contribution in [0.1, 0.15) is 28.0 Å². The number of aromatic carboxylic acids is 1. The first kappa shape index (κ1) is 11.3. The predicted molar refractivity (Wildman–Crippen MR) is 46.9 cm³/mol. The molecule has 0 saturated carbocycles. The fourth-order valence-electron chi connectivity index (χ4n) is 1.11. The molecule has 0 bridgehead atoms. The topological polar surface area (TPSA) is 96.2 Å². The van der Waals surface area contributed by atoms with Crippen molar-refractivity contribution >= 4 is 5.97 Å². The Hall–Kier alpha value is -1.76. The zero-order valence-corrected chi connectivity index (χ0v) is 7.46. The highest BCUT2D eigenvalue weighted by molar-refractivity contribution is 5.87. The number of halogens is 2. The Morgan fingerprint density at radius 3 is 2.60 bits per heavy atom. The molecule has 1 aromatic rings. The lowest BCUT2D eigenvalue weighted by Gasteiger charge is -2.06. The van der Waals surface area contributed by atoms with E-state index in [4.69, 9.17) is 10.8 Å². The SMILES string of the molecule is NCc1cc(C(=O)O)c(=O)[nH]c1C(F)F. The van der Waals surface area contributed by atoms with Crippen molar-refractivity contribution in [2.75, 3.05) is 0 Å². The summed E-state index contributed by atoms with van der Waals surface area (Å²) in [5.41, 5.74) is 2.79. The summed E-state index contributed by atoms with van der Waals surface area (Å²) in [5, 5.41) is 8.57. The molecular formula is C8H8F2N2O3. The lowest BCUT2D eigenvalue weighted by Crippen LogP contribution is -2.21. The molecule has 15 heavy (non-hydrogen) atoms. The normalized spacial score (nSPS) is 10.7. The quantitative estimate of drug-likeness (QED) is 0.687. The highest BCUT2D eigenvalue weighted by Crippen LogP contribution is 2.19. The molecular weight excluding hydrogens is 210 g/mol. The number of rotatable bonds is 3. The highest BCUT2D eigenvalue weighted by Gasteiger charge is 2.18. The highest BCUT2D eigenvalue weighted by atomic mass is 19.3. The molecule has 1 aromatic heterocycles. The predicted octanol–water partition coefficient (Wildman–Crippen LogP) is 0.469. The maximum absolute atomic E-state index is 12.4. The number of carboxylic acid groups (broad SMARTS) is 1. The van der Waals surface area contributed by atoms with Crippen LogP contribution in [0.15, 0.2) is 10.9 Å². The lowest BCUT2D eigenvalue weighted by molar-refractivity contribution is 0.0694. The molecule has 0 amide bonds. The molecule has 4 N–H and O–H groups in total. The standard InChI is InChI=1S/C8H8F2N2O3/c9-6(10)5-3(2-11)1-4(8(14)15)7(13)12-5/h1,6H,2,11H2,(H,12,13)(H,14,15). The molecule has 0 aromatic carbocycles. The van der Waals surface area contributed by atoms with Crippen LogP contribution in [0.3, 0.4) is 0 Å². The third-order valence-electron chi connectivity index (χ3n) is 1.83. The molecule has 0 aliphatic heterocycles. The van der Waals surface area contributed by atoms with Gasteiger partial charge in [-0.3, -0.25) is 4.79 Å². The van der Waals surface area contributed by atoms with Crippen LogP contribution in [0, 0.1) is 0 Å². The Bertz CT molecular complexity index is 442. The summed E-state index contributed by atoms with van der Waals surface area (Å²) < 4.78 is 24.7. The third kappa shape index (κ3) is 2.18. The first-order chi connectivity index (χ1) is 6.97. The Morgan fingerprint density at radius 1 is 1.60 bits per heavy atom. The summed E-state index contributed by atoms with van der Waals surface area (Å²) in [6, 6.07) is 0.864. The molecule has 82 valence electrons. The van der Waals surface area contributed by atoms with E-state index in [0.717, 1.165) is 6.07 Å². The van der Waals surface area contributed by atoms with Crippen molar-refractivity contribution in [2.45, 2.75) is 13.0 Å². The zero-order valence-electron chi connectivity index (χ0n) is 7.46. The van der Waals surface area contributed by atoms with E-state index in [1.807, 2.05) is 4.98 Å². The number of aromatic amines is 1. The first-order valence-corrected chi connectivity index (χ1v) is 3.95. The number of pyridine rings is 1. The second kappa shape index (κ2) is 4.18. The van der Waals surface area contributed by atoms with Crippen LogP contribution < -0.4 is 11.3 Å². The largest absolute Gasteiger partial charge is 0.477 e. The summed E-state index contributed by atoms with van der Waals surface area (Å²) in [6.07, 6.45) is -2.89. The van der Waals surface area contributed by atoms with Crippen molar-refractivity contribution in [3.05, 3.63) is 33.2 Å². The molecule has 0 spiro atoms. The van der Waals surface area contributed by atoms with Gasteiger partial charge in [0.1, 0.15) is 5.56 Å². The third-order valence-corrected chi connectivity index (χ3v) is 1.83. The fourth-order valence-corrected chi connectivity index (χ4v) is 1.11. The molecule has 1 rings (SSSR count). The number of hydrogen-bond acceptors (Lipinski definition) is 3. The van der Waals surface area contributed by atoms with Crippen LogP contribution in [-0.4, -0.2) is 16.1 Å². The zero-order chi connectivity index (χ0) is 11.6. The molecule has 0 saturated heterocycles. The summed E-state index contributed by atoms with van der Waals surface area (Å²) >= 11 is 0. The van der Waals surface area contributed by atoms with Gasteiger partial charge >= 0.3 is 5.97 Å². The van der Waals surface area contributed by atoms with Gasteiger partial charge in [0, 0.05) is 6.54 Å². The molecule has 0 atom stereocenters. The Morgan fingerprint density at radius 2 is 2.20 bits per heavy atom. The minimum atomic E-state index is -2.89. The van der Waals surface area contributed by atoms with Crippen LogP contribution >= 0.6 is 0 Å². The van der Waals surface area contributed by atoms with Gasteiger partial charge in [-0.15, -0.1) is 0 Å². The minimum Gasteiger partial charge on any atom is -0.477 e. The Balaban J connectivity index is 3.42. The van der Waals surface area contributed by atoms with E-state index in [-0.39, 0.29) is 12.1 Å². The smallest absolute Gasteiger partial charge is 0.341 e. The van der Waals surface area contributed by atoms with Crippen molar-refractivity contribution in [3.63, 3.8) is 0 Å². The number of aromatic nitrogens is 1. The number of nitrogens with two attached hydrogens (primary N) is 1. The lowest BCUT2D eigenvalue weighted by atomic mass is 10.1. The van der Waals surface area contributed by atoms with Crippen molar-refractivity contribution in [1.29, 1.82) is 0 Å². The summed E-state index contributed by atoms with van der Waals surface area (Å²) in [4.78, 5) is 23.4. The van der Waals surface area contributed by atoms with Crippen LogP contribution in [0.25, 0.3) is 0 Å². The Labute approximate surface area is 82.5 Å². The molecule has 1 heterocycles. The molecule has 0 aliphatic rings. The monoisotopic (exact) mass is 218 g/mol. The molecule has 5 nitrogen and oxygen atoms in total. The second-order valence-electron chi connectivity index (χ2n) is 2.76. The first-order valence-electron chi connectivity index (χ1n) is 3.95. The van der Waals surface area contributed by atoms with Gasteiger partial charge < -0.3 is 15.8 Å². The summed E-state index contributed by atoms with van der Waals surface area (Å²) in [5.74, 6) is -1.48. The number of carbonyl (C=O) groups is 1. The molecule has 0 radical (unpaired) electrons. The van der Waals surface area contributed by atoms with Crippen LogP contribution in [0.4, 0.5) is 8.78 Å². The van der Waals surface area contributed by atoms with Gasteiger partial charge in [-0.2, -0.15) is 0 Å². The van der Waals surface area contributed by atoms with E-state index in [1.165, 1.54) is 0 Å². The maximum atomic E-state index is 12.4. The maximum Gasteiger partial charge on any atom is 0.341 e. The average Bonchev–Trinajstić information content (AvgIpc) is 2.16. The van der Waals surface area contributed by atoms with Crippen LogP contribution in [-0.2, 0) is 6.54 Å². The molecule has 0 unspecified atom stereocenters. The number of hydrogen-bond donors (Lipinski definition) is 3. The van der Waals surface area contributed by atoms with Gasteiger partial charge in [-0.1, -0.05) is 0 Å². The minimum absolute atomic E-state index is 0.0815. The van der Waals surface area contributed by atoms with Gasteiger partial charge in [0.15, 0.2) is 0 Å². The number of carboxylic acids is 1. The number of nitrogens with one attached hydrogen (secondary N) is 1. The van der Waals surface area contributed by atoms with Crippen molar-refractivity contribution in [3.8, 4) is 0 Å². The molecule has 7 heteroatoms. The van der Waals surface area contributed by atoms with E-state index in [2.05, 4.69) is 0 Å². The van der Waals surface area contributed by atoms with E-state index in [9.17, 15) is 18.4 Å². The van der Waals surface area contributed by atoms with E-state index < -0.39 is 29.2 Å². The van der Waals surface area contributed by atoms with Crippen LogP contribution in [0.2, 0.25) is 0 Å². The summed E-state index contributed by atoms with van der Waals surface area (Å²) in [7, 11) is 0. The van der Waals surface area contributed by atoms with Gasteiger partial charge in [0.2, 0.25) is 0 Å².